The Morgan fingerprint density at radius 3 is 2.88 bits per heavy atom. The number of oxazole rings is 1. The third-order valence-corrected chi connectivity index (χ3v) is 4.59. The van der Waals surface area contributed by atoms with E-state index in [9.17, 15) is 14.0 Å². The van der Waals surface area contributed by atoms with Crippen LogP contribution < -0.4 is 10.7 Å². The van der Waals surface area contributed by atoms with Crippen LogP contribution in [0.5, 0.6) is 0 Å². The van der Waals surface area contributed by atoms with Crippen molar-refractivity contribution in [3.8, 4) is 0 Å². The molecule has 0 bridgehead atoms. The summed E-state index contributed by atoms with van der Waals surface area (Å²) in [6.45, 7) is 0.697. The van der Waals surface area contributed by atoms with Crippen molar-refractivity contribution >= 4 is 22.7 Å². The summed E-state index contributed by atoms with van der Waals surface area (Å²) in [6.07, 6.45) is 1.68. The number of para-hydroxylation sites is 3. The first kappa shape index (κ1) is 15.6. The highest BCUT2D eigenvalue weighted by molar-refractivity contribution is 5.94. The Morgan fingerprint density at radius 1 is 1.16 bits per heavy atom. The van der Waals surface area contributed by atoms with Gasteiger partial charge in [0.05, 0.1) is 11.2 Å². The maximum absolute atomic E-state index is 14.2. The first-order chi connectivity index (χ1) is 12.1. The summed E-state index contributed by atoms with van der Waals surface area (Å²) in [5, 5.41) is 0. The second-order valence-electron chi connectivity index (χ2n) is 6.13. The Labute approximate surface area is 143 Å². The average Bonchev–Trinajstić information content (AvgIpc) is 2.94. The molecule has 1 aromatic heterocycles. The van der Waals surface area contributed by atoms with Crippen molar-refractivity contribution in [1.29, 1.82) is 0 Å². The molecular weight excluding hydrogens is 323 g/mol. The predicted molar refractivity (Wildman–Crippen MR) is 92.2 cm³/mol. The van der Waals surface area contributed by atoms with Gasteiger partial charge in [0.15, 0.2) is 5.58 Å². The normalized spacial score (nSPS) is 13.9. The third kappa shape index (κ3) is 2.73. The van der Waals surface area contributed by atoms with Crippen LogP contribution in [-0.2, 0) is 17.8 Å². The van der Waals surface area contributed by atoms with E-state index in [0.717, 1.165) is 18.4 Å². The van der Waals surface area contributed by atoms with Crippen LogP contribution in [0.4, 0.5) is 10.1 Å². The minimum atomic E-state index is -0.487. The lowest BCUT2D eigenvalue weighted by Gasteiger charge is -2.29. The van der Waals surface area contributed by atoms with Crippen molar-refractivity contribution in [2.75, 3.05) is 11.4 Å². The summed E-state index contributed by atoms with van der Waals surface area (Å²) in [4.78, 5) is 26.2. The van der Waals surface area contributed by atoms with Crippen LogP contribution in [-0.4, -0.2) is 17.0 Å². The minimum Gasteiger partial charge on any atom is -0.408 e. The van der Waals surface area contributed by atoms with E-state index in [1.165, 1.54) is 15.5 Å². The van der Waals surface area contributed by atoms with Crippen molar-refractivity contribution in [3.63, 3.8) is 0 Å². The number of halogens is 1. The minimum absolute atomic E-state index is 0.108. The summed E-state index contributed by atoms with van der Waals surface area (Å²) >= 11 is 0. The van der Waals surface area contributed by atoms with E-state index in [2.05, 4.69) is 0 Å². The van der Waals surface area contributed by atoms with Gasteiger partial charge in [0.2, 0.25) is 5.91 Å². The molecule has 0 unspecified atom stereocenters. The largest absolute Gasteiger partial charge is 0.419 e. The maximum atomic E-state index is 14.2. The summed E-state index contributed by atoms with van der Waals surface area (Å²) in [7, 11) is 0. The second-order valence-corrected chi connectivity index (χ2v) is 6.13. The van der Waals surface area contributed by atoms with E-state index in [1.54, 1.807) is 24.3 Å². The molecule has 1 aliphatic rings. The van der Waals surface area contributed by atoms with E-state index in [-0.39, 0.29) is 24.7 Å². The number of nitrogens with zero attached hydrogens (tertiary/aromatic N) is 2. The lowest BCUT2D eigenvalue weighted by atomic mass is 10.0. The topological polar surface area (TPSA) is 55.5 Å². The van der Waals surface area contributed by atoms with Crippen molar-refractivity contribution < 1.29 is 13.6 Å². The fourth-order valence-electron chi connectivity index (χ4n) is 3.42. The maximum Gasteiger partial charge on any atom is 0.419 e. The molecule has 0 saturated heterocycles. The number of carbonyl (C=O) groups excluding carboxylic acids is 1. The quantitative estimate of drug-likeness (QED) is 0.736. The number of aryl methyl sites for hydroxylation is 2. The Hall–Kier alpha value is -2.89. The highest BCUT2D eigenvalue weighted by Gasteiger charge is 2.25. The van der Waals surface area contributed by atoms with E-state index < -0.39 is 5.76 Å². The summed E-state index contributed by atoms with van der Waals surface area (Å²) in [5.74, 6) is -1.06. The number of amides is 1. The molecule has 0 aliphatic carbocycles. The molecule has 4 rings (SSSR count). The van der Waals surface area contributed by atoms with Crippen molar-refractivity contribution in [3.05, 3.63) is 64.4 Å². The number of fused-ring (bicyclic) bond motifs is 2. The average molecular weight is 340 g/mol. The number of hydrogen-bond donors (Lipinski definition) is 0. The van der Waals surface area contributed by atoms with Crippen molar-refractivity contribution in [2.24, 2.45) is 0 Å². The molecule has 0 radical (unpaired) electrons. The molecule has 0 saturated carbocycles. The van der Waals surface area contributed by atoms with Gasteiger partial charge >= 0.3 is 5.76 Å². The molecule has 0 N–H and O–H groups in total. The number of carbonyl (C=O) groups is 1. The number of aromatic nitrogens is 1. The fourth-order valence-corrected chi connectivity index (χ4v) is 3.42. The second kappa shape index (κ2) is 6.20. The van der Waals surface area contributed by atoms with Gasteiger partial charge < -0.3 is 9.32 Å². The van der Waals surface area contributed by atoms with Gasteiger partial charge in [0.1, 0.15) is 5.82 Å². The summed E-state index contributed by atoms with van der Waals surface area (Å²) in [5.41, 5.74) is 2.38. The molecule has 0 spiro atoms. The van der Waals surface area contributed by atoms with Gasteiger partial charge in [0.25, 0.3) is 0 Å². The number of anilines is 1. The van der Waals surface area contributed by atoms with Gasteiger partial charge in [0, 0.05) is 19.5 Å². The molecular formula is C19H17FN2O3. The first-order valence-corrected chi connectivity index (χ1v) is 8.31. The van der Waals surface area contributed by atoms with Crippen molar-refractivity contribution in [2.45, 2.75) is 25.8 Å². The molecule has 25 heavy (non-hydrogen) atoms. The van der Waals surface area contributed by atoms with E-state index >= 15 is 0 Å². The van der Waals surface area contributed by atoms with Gasteiger partial charge in [-0.25, -0.2) is 9.18 Å². The standard InChI is InChI=1S/C19H17FN2O3/c20-14-7-3-5-13-6-4-11-22(18(13)14)17(23)10-12-21-15-8-1-2-9-16(15)25-19(21)24/h1-3,5,7-9H,4,6,10-12H2. The molecule has 5 nitrogen and oxygen atoms in total. The van der Waals surface area contributed by atoms with Crippen LogP contribution in [0, 0.1) is 5.82 Å². The van der Waals surface area contributed by atoms with Crippen LogP contribution in [0.1, 0.15) is 18.4 Å². The zero-order chi connectivity index (χ0) is 17.4. The highest BCUT2D eigenvalue weighted by atomic mass is 19.1. The Bertz CT molecular complexity index is 1010. The third-order valence-electron chi connectivity index (χ3n) is 4.59. The van der Waals surface area contributed by atoms with Gasteiger partial charge in [-0.3, -0.25) is 9.36 Å². The highest BCUT2D eigenvalue weighted by Crippen LogP contribution is 2.30. The van der Waals surface area contributed by atoms with E-state index in [0.29, 0.717) is 23.3 Å². The van der Waals surface area contributed by atoms with Crippen LogP contribution in [0.25, 0.3) is 11.1 Å². The smallest absolute Gasteiger partial charge is 0.408 e. The molecule has 2 heterocycles. The van der Waals surface area contributed by atoms with Gasteiger partial charge in [-0.1, -0.05) is 24.3 Å². The molecule has 128 valence electrons. The molecule has 0 atom stereocenters. The molecule has 2 aromatic carbocycles. The van der Waals surface area contributed by atoms with Crippen LogP contribution in [0.2, 0.25) is 0 Å². The van der Waals surface area contributed by atoms with Crippen LogP contribution in [0.3, 0.4) is 0 Å². The Balaban J connectivity index is 1.58. The lowest BCUT2D eigenvalue weighted by molar-refractivity contribution is -0.118. The predicted octanol–water partition coefficient (Wildman–Crippen LogP) is 3.10. The van der Waals surface area contributed by atoms with E-state index in [1.807, 2.05) is 12.1 Å². The summed E-state index contributed by atoms with van der Waals surface area (Å²) in [6, 6.07) is 12.0. The Kier molecular flexibility index (Phi) is 3.87. The zero-order valence-electron chi connectivity index (χ0n) is 13.6. The van der Waals surface area contributed by atoms with Crippen molar-refractivity contribution in [1.82, 2.24) is 4.57 Å². The van der Waals surface area contributed by atoms with Crippen LogP contribution >= 0.6 is 0 Å². The monoisotopic (exact) mass is 340 g/mol. The molecule has 3 aromatic rings. The number of benzene rings is 2. The summed E-state index contributed by atoms with van der Waals surface area (Å²) < 4.78 is 20.8. The lowest BCUT2D eigenvalue weighted by Crippen LogP contribution is -2.37. The first-order valence-electron chi connectivity index (χ1n) is 8.31. The SMILES string of the molecule is O=C(CCn1c(=O)oc2ccccc21)N1CCCc2cccc(F)c21. The molecule has 1 aliphatic heterocycles. The molecule has 1 amide bonds. The Morgan fingerprint density at radius 2 is 2.00 bits per heavy atom. The van der Waals surface area contributed by atoms with Crippen LogP contribution in [0.15, 0.2) is 51.7 Å². The van der Waals surface area contributed by atoms with Gasteiger partial charge in [-0.15, -0.1) is 0 Å². The van der Waals surface area contributed by atoms with Gasteiger partial charge in [-0.05, 0) is 36.6 Å². The van der Waals surface area contributed by atoms with Gasteiger partial charge in [-0.2, -0.15) is 0 Å². The molecule has 0 fully saturated rings. The van der Waals surface area contributed by atoms with E-state index in [4.69, 9.17) is 4.42 Å². The number of rotatable bonds is 3. The fraction of sp³-hybridized carbons (Fsp3) is 0.263. The number of hydrogen-bond acceptors (Lipinski definition) is 3. The zero-order valence-corrected chi connectivity index (χ0v) is 13.6. The molecule has 6 heteroatoms.